The monoisotopic (exact) mass is 302 g/mol. The fourth-order valence-electron chi connectivity index (χ4n) is 3.72. The van der Waals surface area contributed by atoms with E-state index in [1.54, 1.807) is 0 Å². The van der Waals surface area contributed by atoms with Crippen molar-refractivity contribution < 1.29 is 0 Å². The summed E-state index contributed by atoms with van der Waals surface area (Å²) in [5, 5.41) is 0. The molecule has 2 rings (SSSR count). The Morgan fingerprint density at radius 3 is 2.41 bits per heavy atom. The molecule has 0 unspecified atom stereocenters. The Morgan fingerprint density at radius 1 is 1.09 bits per heavy atom. The Bertz CT molecular complexity index is 467. The van der Waals surface area contributed by atoms with E-state index in [0.717, 1.165) is 6.42 Å². The molecule has 1 aromatic carbocycles. The van der Waals surface area contributed by atoms with Crippen molar-refractivity contribution in [1.29, 1.82) is 0 Å². The minimum absolute atomic E-state index is 0.516. The molecule has 2 atom stereocenters. The van der Waals surface area contributed by atoms with Crippen molar-refractivity contribution in [3.63, 3.8) is 0 Å². The molecule has 1 aliphatic heterocycles. The van der Waals surface area contributed by atoms with Crippen LogP contribution >= 0.6 is 0 Å². The first kappa shape index (κ1) is 17.5. The number of hydrogen-bond donors (Lipinski definition) is 0. The van der Waals surface area contributed by atoms with E-state index in [1.165, 1.54) is 30.8 Å². The minimum atomic E-state index is 0.516. The van der Waals surface area contributed by atoms with Gasteiger partial charge in [0.25, 0.3) is 0 Å². The number of rotatable bonds is 5. The lowest BCUT2D eigenvalue weighted by molar-refractivity contribution is 0.0121. The van der Waals surface area contributed by atoms with Gasteiger partial charge in [0.2, 0.25) is 0 Å². The van der Waals surface area contributed by atoms with Crippen molar-refractivity contribution in [3.8, 4) is 0 Å². The van der Waals surface area contributed by atoms with Gasteiger partial charge in [0.05, 0.1) is 0 Å². The van der Waals surface area contributed by atoms with Gasteiger partial charge in [-0.1, -0.05) is 45.0 Å². The summed E-state index contributed by atoms with van der Waals surface area (Å²) in [6.07, 6.45) is 1.12. The maximum Gasteiger partial charge on any atom is 0.0321 e. The summed E-state index contributed by atoms with van der Waals surface area (Å²) in [7, 11) is 0. The highest BCUT2D eigenvalue weighted by Crippen LogP contribution is 2.27. The highest BCUT2D eigenvalue weighted by atomic mass is 15.3. The number of aryl methyl sites for hydroxylation is 1. The summed E-state index contributed by atoms with van der Waals surface area (Å²) in [5.41, 5.74) is 2.92. The zero-order valence-electron chi connectivity index (χ0n) is 15.3. The molecule has 0 aliphatic carbocycles. The highest BCUT2D eigenvalue weighted by Gasteiger charge is 2.32. The quantitative estimate of drug-likeness (QED) is 0.797. The lowest BCUT2D eigenvalue weighted by Crippen LogP contribution is -2.57. The first-order chi connectivity index (χ1) is 10.4. The van der Waals surface area contributed by atoms with Gasteiger partial charge in [0.15, 0.2) is 0 Å². The van der Waals surface area contributed by atoms with Gasteiger partial charge in [-0.2, -0.15) is 0 Å². The maximum atomic E-state index is 2.69. The molecule has 1 aromatic rings. The van der Waals surface area contributed by atoms with E-state index in [4.69, 9.17) is 0 Å². The topological polar surface area (TPSA) is 6.48 Å². The van der Waals surface area contributed by atoms with Gasteiger partial charge in [0.1, 0.15) is 0 Å². The number of benzene rings is 1. The maximum absolute atomic E-state index is 2.69. The Labute approximate surface area is 137 Å². The molecule has 0 saturated carbocycles. The van der Waals surface area contributed by atoms with Crippen molar-refractivity contribution in [2.45, 2.75) is 66.1 Å². The summed E-state index contributed by atoms with van der Waals surface area (Å²) >= 11 is 0. The van der Waals surface area contributed by atoms with Crippen LogP contribution in [-0.2, 0) is 6.42 Å². The smallest absolute Gasteiger partial charge is 0.0321 e. The minimum Gasteiger partial charge on any atom is -0.295 e. The predicted octanol–water partition coefficient (Wildman–Crippen LogP) is 4.36. The summed E-state index contributed by atoms with van der Waals surface area (Å²) in [4.78, 5) is 5.37. The number of hydrogen-bond acceptors (Lipinski definition) is 2. The summed E-state index contributed by atoms with van der Waals surface area (Å²) in [6.45, 7) is 17.6. The van der Waals surface area contributed by atoms with E-state index in [2.05, 4.69) is 75.6 Å². The molecule has 0 amide bonds. The van der Waals surface area contributed by atoms with E-state index in [0.29, 0.717) is 24.0 Å². The van der Waals surface area contributed by atoms with Crippen LogP contribution in [0, 0.1) is 5.92 Å². The van der Waals surface area contributed by atoms with Gasteiger partial charge < -0.3 is 0 Å². The highest BCUT2D eigenvalue weighted by molar-refractivity contribution is 5.26. The van der Waals surface area contributed by atoms with E-state index >= 15 is 0 Å². The Kier molecular flexibility index (Phi) is 6.05. The first-order valence-corrected chi connectivity index (χ1v) is 9.02. The second kappa shape index (κ2) is 7.61. The number of nitrogens with zero attached hydrogens (tertiary/aromatic N) is 2. The van der Waals surface area contributed by atoms with Gasteiger partial charge in [-0.05, 0) is 44.2 Å². The van der Waals surface area contributed by atoms with Crippen molar-refractivity contribution in [2.24, 2.45) is 5.92 Å². The standard InChI is InChI=1S/C20H34N2/c1-7-18-9-8-10-19(13-18)17(6)21-11-12-22(16(4)5)20(14-21)15(2)3/h8-10,13,15-17,20H,7,11-12,14H2,1-6H3/t17-,20-/m1/s1. The van der Waals surface area contributed by atoms with Crippen molar-refractivity contribution in [1.82, 2.24) is 9.80 Å². The van der Waals surface area contributed by atoms with Crippen molar-refractivity contribution in [3.05, 3.63) is 35.4 Å². The summed E-state index contributed by atoms with van der Waals surface area (Å²) < 4.78 is 0. The number of piperazine rings is 1. The largest absolute Gasteiger partial charge is 0.295 e. The second-order valence-electron chi connectivity index (χ2n) is 7.41. The van der Waals surface area contributed by atoms with Gasteiger partial charge in [-0.3, -0.25) is 9.80 Å². The normalized spacial score (nSPS) is 22.5. The van der Waals surface area contributed by atoms with Gasteiger partial charge in [-0.25, -0.2) is 0 Å². The molecule has 124 valence electrons. The molecule has 1 saturated heterocycles. The molecule has 0 aromatic heterocycles. The SMILES string of the molecule is CCc1cccc([C@@H](C)N2CCN(C(C)C)[C@@H](C(C)C)C2)c1. The van der Waals surface area contributed by atoms with E-state index in [-0.39, 0.29) is 0 Å². The predicted molar refractivity (Wildman–Crippen MR) is 96.3 cm³/mol. The molecule has 0 bridgehead atoms. The molecule has 2 heteroatoms. The third-order valence-electron chi connectivity index (χ3n) is 5.32. The molecule has 0 radical (unpaired) electrons. The van der Waals surface area contributed by atoms with Crippen LogP contribution in [0.25, 0.3) is 0 Å². The first-order valence-electron chi connectivity index (χ1n) is 9.02. The molecule has 0 N–H and O–H groups in total. The molecule has 1 fully saturated rings. The van der Waals surface area contributed by atoms with E-state index in [9.17, 15) is 0 Å². The molecular weight excluding hydrogens is 268 g/mol. The fourth-order valence-corrected chi connectivity index (χ4v) is 3.72. The van der Waals surface area contributed by atoms with Crippen molar-refractivity contribution in [2.75, 3.05) is 19.6 Å². The van der Waals surface area contributed by atoms with Crippen LogP contribution in [-0.4, -0.2) is 41.5 Å². The van der Waals surface area contributed by atoms with Gasteiger partial charge >= 0.3 is 0 Å². The average molecular weight is 303 g/mol. The lowest BCUT2D eigenvalue weighted by Gasteiger charge is -2.47. The van der Waals surface area contributed by atoms with Crippen LogP contribution in [0.15, 0.2) is 24.3 Å². The Balaban J connectivity index is 2.12. The summed E-state index contributed by atoms with van der Waals surface area (Å²) in [6, 6.07) is 11.0. The molecule has 22 heavy (non-hydrogen) atoms. The Morgan fingerprint density at radius 2 is 1.82 bits per heavy atom. The molecule has 2 nitrogen and oxygen atoms in total. The van der Waals surface area contributed by atoms with Crippen LogP contribution in [0.4, 0.5) is 0 Å². The third-order valence-corrected chi connectivity index (χ3v) is 5.32. The zero-order valence-corrected chi connectivity index (χ0v) is 15.3. The van der Waals surface area contributed by atoms with Gasteiger partial charge in [0, 0.05) is 37.8 Å². The van der Waals surface area contributed by atoms with Crippen LogP contribution in [0.5, 0.6) is 0 Å². The third kappa shape index (κ3) is 3.91. The molecule has 1 heterocycles. The molecule has 1 aliphatic rings. The average Bonchev–Trinajstić information content (AvgIpc) is 2.53. The van der Waals surface area contributed by atoms with E-state index < -0.39 is 0 Å². The van der Waals surface area contributed by atoms with Crippen LogP contribution in [0.3, 0.4) is 0 Å². The molecule has 0 spiro atoms. The lowest BCUT2D eigenvalue weighted by atomic mass is 9.95. The van der Waals surface area contributed by atoms with Gasteiger partial charge in [-0.15, -0.1) is 0 Å². The van der Waals surface area contributed by atoms with Crippen LogP contribution in [0.1, 0.15) is 58.7 Å². The van der Waals surface area contributed by atoms with E-state index in [1.807, 2.05) is 0 Å². The van der Waals surface area contributed by atoms with Crippen molar-refractivity contribution >= 4 is 0 Å². The fraction of sp³-hybridized carbons (Fsp3) is 0.700. The Hall–Kier alpha value is -0.860. The zero-order chi connectivity index (χ0) is 16.3. The van der Waals surface area contributed by atoms with Crippen LogP contribution < -0.4 is 0 Å². The van der Waals surface area contributed by atoms with Crippen LogP contribution in [0.2, 0.25) is 0 Å². The molecular formula is C20H34N2. The summed E-state index contributed by atoms with van der Waals surface area (Å²) in [5.74, 6) is 0.708. The second-order valence-corrected chi connectivity index (χ2v) is 7.41.